The van der Waals surface area contributed by atoms with Gasteiger partial charge in [0.1, 0.15) is 19.1 Å². The number of rotatable bonds is 11. The number of ether oxygens (including phenoxy) is 2. The second-order valence-electron chi connectivity index (χ2n) is 18.1. The molecule has 14 nitrogen and oxygen atoms in total. The van der Waals surface area contributed by atoms with Crippen molar-refractivity contribution in [2.75, 3.05) is 59.0 Å². The number of piperidine rings is 2. The van der Waals surface area contributed by atoms with E-state index in [0.29, 0.717) is 85.2 Å². The highest BCUT2D eigenvalue weighted by Gasteiger charge is 2.36. The first-order valence-electron chi connectivity index (χ1n) is 24.3. The van der Waals surface area contributed by atoms with Gasteiger partial charge in [0.2, 0.25) is 11.8 Å². The van der Waals surface area contributed by atoms with E-state index in [1.54, 1.807) is 88.7 Å². The number of likely N-dealkylation sites (tertiary alicyclic amines) is 1. The monoisotopic (exact) mass is 1250 g/mol. The van der Waals surface area contributed by atoms with E-state index in [1.807, 2.05) is 35.2 Å². The first kappa shape index (κ1) is 62.9. The van der Waals surface area contributed by atoms with Crippen molar-refractivity contribution in [1.29, 1.82) is 0 Å². The van der Waals surface area contributed by atoms with Crippen molar-refractivity contribution in [3.63, 3.8) is 0 Å². The molecule has 6 aromatic carbocycles. The third-order valence-corrected chi connectivity index (χ3v) is 14.9. The Kier molecular flexibility index (Phi) is 23.4. The van der Waals surface area contributed by atoms with Crippen LogP contribution < -0.4 is 25.8 Å². The molecule has 0 saturated carbocycles. The number of halogens is 9. The predicted molar refractivity (Wildman–Crippen MR) is 319 cm³/mol. The standard InChI is InChI=1S/C28H24Cl3N3O4.C15H10Cl3NO2.C13H15ClN2O2.2ClH/c29-18-6-8-25-17(13-18)16-38-28(37)34(25)20-9-11-33(12-10-20)15-26(35)32-24-7-5-19(30)14-22(24)27(36)21-3-1-2-4-23(21)31;16-8-14(20)19-13-6-5-9(17)7-11(13)15(21)10-3-1-2-4-12(10)18;14-10-1-2-12-9(7-10)8-18-13(17)16(12)11-3-5-15-6-4-11;;/h1-8,13-14,20H,9-12,15-16H2,(H,32,35);1-7H,8H2,(H,19,20);1-2,7,11,15H,3-6,8H2;2*1H. The van der Waals surface area contributed by atoms with Crippen LogP contribution in [0.15, 0.2) is 121 Å². The van der Waals surface area contributed by atoms with Crippen LogP contribution in [0, 0.1) is 0 Å². The van der Waals surface area contributed by atoms with Crippen LogP contribution in [-0.2, 0) is 32.3 Å². The number of hydrogen-bond donors (Lipinski definition) is 3. The lowest BCUT2D eigenvalue weighted by Gasteiger charge is -2.40. The third kappa shape index (κ3) is 16.0. The normalized spacial score (nSPS) is 15.1. The van der Waals surface area contributed by atoms with Crippen LogP contribution >= 0.6 is 106 Å². The molecule has 10 rings (SSSR count). The molecule has 0 aromatic heterocycles. The summed E-state index contributed by atoms with van der Waals surface area (Å²) in [4.78, 5) is 80.2. The van der Waals surface area contributed by atoms with Crippen molar-refractivity contribution >= 4 is 164 Å². The Balaban J connectivity index is 0.000000208. The molecule has 0 atom stereocenters. The Hall–Kier alpha value is -5.33. The zero-order valence-corrected chi connectivity index (χ0v) is 48.7. The van der Waals surface area contributed by atoms with Crippen LogP contribution in [0.25, 0.3) is 0 Å². The van der Waals surface area contributed by atoms with Crippen molar-refractivity contribution in [1.82, 2.24) is 10.2 Å². The summed E-state index contributed by atoms with van der Waals surface area (Å²) in [5.41, 5.74) is 5.53. The highest BCUT2D eigenvalue weighted by Crippen LogP contribution is 2.36. The molecule has 3 N–H and O–H groups in total. The SMILES string of the molecule is Cl.Cl.O=C(CCl)Nc1ccc(Cl)cc1C(=O)c1ccccc1Cl.O=C(CN1CCC(N2C(=O)OCc3cc(Cl)ccc32)CC1)Nc1ccc(Cl)cc1C(=O)c1ccccc1Cl.O=C1OCc2cc(Cl)ccc2N1C1CCNCC1. The number of cyclic esters (lactones) is 2. The number of nitrogens with zero attached hydrogens (tertiary/aromatic N) is 3. The lowest BCUT2D eigenvalue weighted by atomic mass is 10.0. The quantitative estimate of drug-likeness (QED) is 0.0839. The second kappa shape index (κ2) is 29.4. The molecule has 4 aliphatic rings. The summed E-state index contributed by atoms with van der Waals surface area (Å²) in [6.45, 7) is 3.79. The van der Waals surface area contributed by atoms with Gasteiger partial charge in [0, 0.05) is 78.6 Å². The molecule has 2 saturated heterocycles. The van der Waals surface area contributed by atoms with E-state index in [4.69, 9.17) is 90.7 Å². The van der Waals surface area contributed by atoms with Crippen molar-refractivity contribution in [3.8, 4) is 0 Å². The van der Waals surface area contributed by atoms with Crippen LogP contribution in [0.3, 0.4) is 0 Å². The van der Waals surface area contributed by atoms with Gasteiger partial charge < -0.3 is 25.4 Å². The molecular weight excluding hydrogens is 1200 g/mol. The summed E-state index contributed by atoms with van der Waals surface area (Å²) in [5.74, 6) is -1.52. The van der Waals surface area contributed by atoms with Gasteiger partial charge in [0.05, 0.1) is 39.3 Å². The molecule has 0 radical (unpaired) electrons. The second-order valence-corrected chi connectivity index (χ2v) is 20.9. The van der Waals surface area contributed by atoms with Gasteiger partial charge in [-0.2, -0.15) is 0 Å². The molecule has 2 fully saturated rings. The predicted octanol–water partition coefficient (Wildman–Crippen LogP) is 14.2. The Bertz CT molecular complexity index is 3210. The molecule has 0 bridgehead atoms. The van der Waals surface area contributed by atoms with Crippen LogP contribution in [0.4, 0.5) is 32.3 Å². The molecule has 23 heteroatoms. The summed E-state index contributed by atoms with van der Waals surface area (Å²) >= 11 is 41.9. The molecule has 0 unspecified atom stereocenters. The molecule has 0 aliphatic carbocycles. The molecule has 416 valence electrons. The highest BCUT2D eigenvalue weighted by molar-refractivity contribution is 6.37. The minimum Gasteiger partial charge on any atom is -0.444 e. The largest absolute Gasteiger partial charge is 0.444 e. The van der Waals surface area contributed by atoms with Crippen LogP contribution in [0.1, 0.15) is 68.7 Å². The topological polar surface area (TPSA) is 167 Å². The van der Waals surface area contributed by atoms with Crippen LogP contribution in [0.5, 0.6) is 0 Å². The van der Waals surface area contributed by atoms with E-state index in [-0.39, 0.29) is 96.7 Å². The van der Waals surface area contributed by atoms with Gasteiger partial charge in [-0.25, -0.2) is 9.59 Å². The zero-order chi connectivity index (χ0) is 54.8. The highest BCUT2D eigenvalue weighted by atomic mass is 35.5. The first-order chi connectivity index (χ1) is 37.1. The number of amides is 4. The van der Waals surface area contributed by atoms with Gasteiger partial charge in [-0.3, -0.25) is 33.9 Å². The fourth-order valence-corrected chi connectivity index (χ4v) is 10.5. The third-order valence-electron chi connectivity index (χ3n) is 13.0. The van der Waals surface area contributed by atoms with Gasteiger partial charge in [0.25, 0.3) is 0 Å². The average molecular weight is 1260 g/mol. The summed E-state index contributed by atoms with van der Waals surface area (Å²) in [5, 5.41) is 11.4. The minimum absolute atomic E-state index is 0. The molecular formula is C56H51Cl9N6O8. The van der Waals surface area contributed by atoms with E-state index in [1.165, 1.54) is 12.1 Å². The van der Waals surface area contributed by atoms with Gasteiger partial charge in [0.15, 0.2) is 11.6 Å². The maximum absolute atomic E-state index is 13.2. The fraction of sp³-hybridized carbons (Fsp3) is 0.250. The van der Waals surface area contributed by atoms with Crippen molar-refractivity contribution in [3.05, 3.63) is 185 Å². The van der Waals surface area contributed by atoms with Crippen LogP contribution in [0.2, 0.25) is 30.1 Å². The Morgan fingerprint density at radius 3 is 1.37 bits per heavy atom. The summed E-state index contributed by atoms with van der Waals surface area (Å²) in [6.07, 6.45) is 2.67. The van der Waals surface area contributed by atoms with E-state index < -0.39 is 5.91 Å². The van der Waals surface area contributed by atoms with Crippen molar-refractivity contribution in [2.45, 2.75) is 51.0 Å². The van der Waals surface area contributed by atoms with Gasteiger partial charge in [-0.1, -0.05) is 93.9 Å². The number of ketones is 2. The fourth-order valence-electron chi connectivity index (χ4n) is 9.30. The first-order valence-corrected chi connectivity index (χ1v) is 27.1. The number of anilines is 4. The van der Waals surface area contributed by atoms with Crippen molar-refractivity contribution in [2.24, 2.45) is 0 Å². The Morgan fingerprint density at radius 1 is 0.519 bits per heavy atom. The lowest BCUT2D eigenvalue weighted by molar-refractivity contribution is -0.117. The van der Waals surface area contributed by atoms with E-state index >= 15 is 0 Å². The molecule has 4 aliphatic heterocycles. The van der Waals surface area contributed by atoms with Gasteiger partial charge in [-0.15, -0.1) is 36.4 Å². The smallest absolute Gasteiger partial charge is 0.414 e. The number of hydrogen-bond acceptors (Lipinski definition) is 10. The number of benzene rings is 6. The number of fused-ring (bicyclic) bond motifs is 2. The number of carbonyl (C=O) groups excluding carboxylic acids is 6. The van der Waals surface area contributed by atoms with E-state index in [0.717, 1.165) is 48.4 Å². The summed E-state index contributed by atoms with van der Waals surface area (Å²) in [7, 11) is 0. The summed E-state index contributed by atoms with van der Waals surface area (Å²) in [6, 6.07) is 34.0. The number of carbonyl (C=O) groups is 6. The maximum Gasteiger partial charge on any atom is 0.414 e. The van der Waals surface area contributed by atoms with Crippen LogP contribution in [-0.4, -0.2) is 91.2 Å². The average Bonchev–Trinajstić information content (AvgIpc) is 3.43. The minimum atomic E-state index is -0.410. The van der Waals surface area contributed by atoms with E-state index in [2.05, 4.69) is 16.0 Å². The molecule has 79 heavy (non-hydrogen) atoms. The van der Waals surface area contributed by atoms with Crippen molar-refractivity contribution < 1.29 is 38.2 Å². The maximum atomic E-state index is 13.2. The number of alkyl halides is 1. The molecule has 6 aromatic rings. The molecule has 0 spiro atoms. The molecule has 4 heterocycles. The van der Waals surface area contributed by atoms with Gasteiger partial charge in [-0.05, 0) is 136 Å². The Morgan fingerprint density at radius 2 is 0.924 bits per heavy atom. The zero-order valence-electron chi connectivity index (χ0n) is 41.8. The molecule has 4 amide bonds. The van der Waals surface area contributed by atoms with Gasteiger partial charge >= 0.3 is 12.2 Å². The number of nitrogens with one attached hydrogen (secondary N) is 3. The van der Waals surface area contributed by atoms with E-state index in [9.17, 15) is 28.8 Å². The summed E-state index contributed by atoms with van der Waals surface area (Å²) < 4.78 is 10.6. The Labute approximate surface area is 504 Å². The lowest BCUT2D eigenvalue weighted by Crippen LogP contribution is -2.50.